The molecule has 0 saturated heterocycles. The quantitative estimate of drug-likeness (QED) is 0.0572. The van der Waals surface area contributed by atoms with E-state index in [-0.39, 0.29) is 24.5 Å². The largest absolute Gasteiger partial charge is 0.462 e. The zero-order valence-corrected chi connectivity index (χ0v) is 28.0. The van der Waals surface area contributed by atoms with Crippen LogP contribution in [0.15, 0.2) is 0 Å². The van der Waals surface area contributed by atoms with Gasteiger partial charge in [0, 0.05) is 30.9 Å². The Morgan fingerprint density at radius 1 is 0.667 bits per heavy atom. The van der Waals surface area contributed by atoms with Gasteiger partial charge in [-0.25, -0.2) is 0 Å². The molecular formula is C33H65N3O5S. The van der Waals surface area contributed by atoms with Crippen LogP contribution in [-0.2, 0) is 23.9 Å². The van der Waals surface area contributed by atoms with Gasteiger partial charge in [0.25, 0.3) is 0 Å². The predicted molar refractivity (Wildman–Crippen MR) is 177 cm³/mol. The van der Waals surface area contributed by atoms with Gasteiger partial charge in [0.05, 0.1) is 6.04 Å². The lowest BCUT2D eigenvalue weighted by molar-refractivity contribution is -0.157. The van der Waals surface area contributed by atoms with E-state index in [4.69, 9.17) is 20.9 Å². The lowest BCUT2D eigenvalue weighted by Crippen LogP contribution is -2.43. The number of carbonyl (C=O) groups is 3. The standard InChI is InChI=1S/C33H65N3O5S/c1-3-5-7-9-11-13-15-17-19-22-31(37)40-26-29(27-42-28-30(35)33(39)36-25-21-24-34)41-32(38)23-20-18-16-14-12-10-8-6-4-2/h29-30H,3-28,34-35H2,1-2H3,(H,36,39)/t29-,30+/m1/s1. The van der Waals surface area contributed by atoms with Gasteiger partial charge in [-0.05, 0) is 25.8 Å². The van der Waals surface area contributed by atoms with Gasteiger partial charge in [0.1, 0.15) is 12.7 Å². The predicted octanol–water partition coefficient (Wildman–Crippen LogP) is 6.81. The third kappa shape index (κ3) is 27.5. The van der Waals surface area contributed by atoms with Crippen LogP contribution in [0, 0.1) is 0 Å². The molecule has 0 aliphatic rings. The van der Waals surface area contributed by atoms with Crippen molar-refractivity contribution in [3.8, 4) is 0 Å². The molecule has 9 heteroatoms. The van der Waals surface area contributed by atoms with E-state index in [1.165, 1.54) is 88.8 Å². The molecule has 1 amide bonds. The molecule has 0 radical (unpaired) electrons. The summed E-state index contributed by atoms with van der Waals surface area (Å²) in [5.41, 5.74) is 11.5. The second kappa shape index (κ2) is 31.1. The fourth-order valence-corrected chi connectivity index (χ4v) is 5.59. The highest BCUT2D eigenvalue weighted by Crippen LogP contribution is 2.14. The molecule has 0 aromatic rings. The number of nitrogens with one attached hydrogen (secondary N) is 1. The van der Waals surface area contributed by atoms with Crippen LogP contribution in [0.2, 0.25) is 0 Å². The Balaban J connectivity index is 4.40. The Bertz CT molecular complexity index is 653. The lowest BCUT2D eigenvalue weighted by Gasteiger charge is -2.19. The summed E-state index contributed by atoms with van der Waals surface area (Å²) in [4.78, 5) is 37.0. The second-order valence-electron chi connectivity index (χ2n) is 11.5. The van der Waals surface area contributed by atoms with Gasteiger partial charge in [-0.3, -0.25) is 14.4 Å². The highest BCUT2D eigenvalue weighted by Gasteiger charge is 2.19. The van der Waals surface area contributed by atoms with Gasteiger partial charge in [-0.1, -0.05) is 117 Å². The maximum Gasteiger partial charge on any atom is 0.306 e. The van der Waals surface area contributed by atoms with Crippen molar-refractivity contribution in [3.63, 3.8) is 0 Å². The minimum absolute atomic E-state index is 0.0324. The van der Waals surface area contributed by atoms with Crippen LogP contribution in [0.5, 0.6) is 0 Å². The molecule has 248 valence electrons. The maximum atomic E-state index is 12.5. The number of hydrogen-bond donors (Lipinski definition) is 3. The Hall–Kier alpha value is -1.32. The van der Waals surface area contributed by atoms with Crippen molar-refractivity contribution in [2.24, 2.45) is 11.5 Å². The van der Waals surface area contributed by atoms with Gasteiger partial charge in [0.15, 0.2) is 0 Å². The van der Waals surface area contributed by atoms with Crippen LogP contribution < -0.4 is 16.8 Å². The first kappa shape index (κ1) is 40.7. The van der Waals surface area contributed by atoms with Crippen molar-refractivity contribution >= 4 is 29.6 Å². The summed E-state index contributed by atoms with van der Waals surface area (Å²) in [6.07, 6.45) is 22.2. The van der Waals surface area contributed by atoms with Crippen LogP contribution >= 0.6 is 11.8 Å². The summed E-state index contributed by atoms with van der Waals surface area (Å²) in [6, 6.07) is -0.666. The van der Waals surface area contributed by atoms with Crippen molar-refractivity contribution in [2.75, 3.05) is 31.2 Å². The van der Waals surface area contributed by atoms with E-state index in [2.05, 4.69) is 19.2 Å². The smallest absolute Gasteiger partial charge is 0.306 e. The van der Waals surface area contributed by atoms with E-state index in [1.54, 1.807) is 0 Å². The molecule has 0 bridgehead atoms. The number of esters is 2. The second-order valence-corrected chi connectivity index (χ2v) is 12.6. The summed E-state index contributed by atoms with van der Waals surface area (Å²) in [5.74, 6) is 0.0645. The molecular weight excluding hydrogens is 550 g/mol. The van der Waals surface area contributed by atoms with Crippen LogP contribution in [0.1, 0.15) is 149 Å². The molecule has 42 heavy (non-hydrogen) atoms. The average molecular weight is 616 g/mol. The molecule has 0 heterocycles. The summed E-state index contributed by atoms with van der Waals surface area (Å²) in [7, 11) is 0. The van der Waals surface area contributed by atoms with Crippen molar-refractivity contribution in [1.29, 1.82) is 0 Å². The zero-order chi connectivity index (χ0) is 31.1. The maximum absolute atomic E-state index is 12.5. The Labute approximate surface area is 261 Å². The molecule has 2 atom stereocenters. The highest BCUT2D eigenvalue weighted by molar-refractivity contribution is 7.99. The van der Waals surface area contributed by atoms with Crippen molar-refractivity contribution < 1.29 is 23.9 Å². The van der Waals surface area contributed by atoms with Crippen LogP contribution in [0.3, 0.4) is 0 Å². The van der Waals surface area contributed by atoms with E-state index < -0.39 is 12.1 Å². The van der Waals surface area contributed by atoms with Crippen molar-refractivity contribution in [1.82, 2.24) is 5.32 Å². The summed E-state index contributed by atoms with van der Waals surface area (Å²) in [5, 5.41) is 2.78. The molecule has 0 aliphatic heterocycles. The first-order valence-electron chi connectivity index (χ1n) is 17.1. The van der Waals surface area contributed by atoms with E-state index in [9.17, 15) is 14.4 Å². The molecule has 0 aliphatic carbocycles. The number of nitrogens with two attached hydrogens (primary N) is 2. The molecule has 0 spiro atoms. The molecule has 0 rings (SSSR count). The molecule has 5 N–H and O–H groups in total. The Morgan fingerprint density at radius 2 is 1.14 bits per heavy atom. The van der Waals surface area contributed by atoms with E-state index in [0.29, 0.717) is 43.9 Å². The number of ether oxygens (including phenoxy) is 2. The van der Waals surface area contributed by atoms with Gasteiger partial charge >= 0.3 is 11.9 Å². The number of unbranched alkanes of at least 4 members (excludes halogenated alkanes) is 16. The number of thioether (sulfide) groups is 1. The fraction of sp³-hybridized carbons (Fsp3) is 0.909. The minimum atomic E-state index is -0.666. The summed E-state index contributed by atoms with van der Waals surface area (Å²) in [6.45, 7) is 5.50. The zero-order valence-electron chi connectivity index (χ0n) is 27.1. The molecule has 8 nitrogen and oxygen atoms in total. The minimum Gasteiger partial charge on any atom is -0.462 e. The molecule has 0 saturated carbocycles. The number of carbonyl (C=O) groups excluding carboxylic acids is 3. The highest BCUT2D eigenvalue weighted by atomic mass is 32.2. The molecule has 0 aromatic carbocycles. The number of hydrogen-bond acceptors (Lipinski definition) is 8. The van der Waals surface area contributed by atoms with Gasteiger partial charge < -0.3 is 26.3 Å². The van der Waals surface area contributed by atoms with Crippen molar-refractivity contribution in [3.05, 3.63) is 0 Å². The monoisotopic (exact) mass is 615 g/mol. The topological polar surface area (TPSA) is 134 Å². The third-order valence-electron chi connectivity index (χ3n) is 7.32. The molecule has 0 unspecified atom stereocenters. The Kier molecular flexibility index (Phi) is 30.1. The Morgan fingerprint density at radius 3 is 1.64 bits per heavy atom. The van der Waals surface area contributed by atoms with E-state index in [0.717, 1.165) is 38.5 Å². The molecule has 0 aromatic heterocycles. The van der Waals surface area contributed by atoms with Gasteiger partial charge in [-0.15, -0.1) is 0 Å². The van der Waals surface area contributed by atoms with Gasteiger partial charge in [-0.2, -0.15) is 11.8 Å². The summed E-state index contributed by atoms with van der Waals surface area (Å²) < 4.78 is 11.2. The van der Waals surface area contributed by atoms with E-state index >= 15 is 0 Å². The number of rotatable bonds is 31. The first-order chi connectivity index (χ1) is 20.4. The number of amides is 1. The van der Waals surface area contributed by atoms with Crippen LogP contribution in [-0.4, -0.2) is 61.2 Å². The average Bonchev–Trinajstić information content (AvgIpc) is 2.98. The van der Waals surface area contributed by atoms with Crippen LogP contribution in [0.25, 0.3) is 0 Å². The third-order valence-corrected chi connectivity index (χ3v) is 8.52. The normalized spacial score (nSPS) is 12.6. The van der Waals surface area contributed by atoms with E-state index in [1.807, 2.05) is 0 Å². The summed E-state index contributed by atoms with van der Waals surface area (Å²) >= 11 is 1.43. The van der Waals surface area contributed by atoms with Crippen molar-refractivity contribution in [2.45, 2.75) is 161 Å². The van der Waals surface area contributed by atoms with Crippen LogP contribution in [0.4, 0.5) is 0 Å². The SMILES string of the molecule is CCCCCCCCCCCC(=O)OC[C@H](CSC[C@H](N)C(=O)NCCCN)OC(=O)CCCCCCCCCCC. The lowest BCUT2D eigenvalue weighted by atomic mass is 10.1. The molecule has 0 fully saturated rings. The first-order valence-corrected chi connectivity index (χ1v) is 18.3. The fourth-order valence-electron chi connectivity index (χ4n) is 4.63. The van der Waals surface area contributed by atoms with Gasteiger partial charge in [0.2, 0.25) is 5.91 Å².